The number of hydrogen-bond donors (Lipinski definition) is 0. The number of amides is 3. The molecule has 0 spiro atoms. The molecule has 27 heavy (non-hydrogen) atoms. The molecule has 1 aromatic rings. The minimum absolute atomic E-state index is 0.0231. The highest BCUT2D eigenvalue weighted by Gasteiger charge is 2.49. The summed E-state index contributed by atoms with van der Waals surface area (Å²) in [6.45, 7) is 6.93. The maximum absolute atomic E-state index is 13.1. The van der Waals surface area contributed by atoms with E-state index in [1.54, 1.807) is 7.11 Å². The molecule has 2 fully saturated rings. The summed E-state index contributed by atoms with van der Waals surface area (Å²) in [6.07, 6.45) is 0.676. The molecule has 3 amide bonds. The molecule has 2 aliphatic heterocycles. The lowest BCUT2D eigenvalue weighted by Gasteiger charge is -2.42. The maximum atomic E-state index is 13.1. The van der Waals surface area contributed by atoms with Gasteiger partial charge in [-0.3, -0.25) is 4.79 Å². The molecule has 148 valence electrons. The molecule has 2 heterocycles. The van der Waals surface area contributed by atoms with Gasteiger partial charge in [-0.25, -0.2) is 4.79 Å². The Balaban J connectivity index is 1.79. The molecular weight excluding hydrogens is 366 g/mol. The molecule has 0 bridgehead atoms. The van der Waals surface area contributed by atoms with Gasteiger partial charge in [-0.1, -0.05) is 37.6 Å². The van der Waals surface area contributed by atoms with Gasteiger partial charge in [-0.2, -0.15) is 0 Å². The topological polar surface area (TPSA) is 53.1 Å². The van der Waals surface area contributed by atoms with E-state index in [-0.39, 0.29) is 18.0 Å². The van der Waals surface area contributed by atoms with Gasteiger partial charge < -0.3 is 19.4 Å². The third-order valence-electron chi connectivity index (χ3n) is 5.20. The van der Waals surface area contributed by atoms with E-state index in [2.05, 4.69) is 13.8 Å². The molecule has 0 radical (unpaired) electrons. The third-order valence-corrected chi connectivity index (χ3v) is 5.44. The van der Waals surface area contributed by atoms with Crippen LogP contribution in [-0.2, 0) is 16.1 Å². The number of halogens is 1. The van der Waals surface area contributed by atoms with E-state index < -0.39 is 6.04 Å². The van der Waals surface area contributed by atoms with Crippen LogP contribution in [0.2, 0.25) is 5.02 Å². The highest BCUT2D eigenvalue weighted by Crippen LogP contribution is 2.30. The van der Waals surface area contributed by atoms with Crippen LogP contribution < -0.4 is 0 Å². The van der Waals surface area contributed by atoms with E-state index in [1.165, 1.54) is 0 Å². The lowest BCUT2D eigenvalue weighted by molar-refractivity contribution is -0.143. The number of piperazine rings is 1. The van der Waals surface area contributed by atoms with Crippen LogP contribution in [0.1, 0.15) is 25.8 Å². The predicted molar refractivity (Wildman–Crippen MR) is 105 cm³/mol. The zero-order valence-electron chi connectivity index (χ0n) is 16.2. The Labute approximate surface area is 166 Å². The molecule has 0 aromatic heterocycles. The zero-order valence-corrected chi connectivity index (χ0v) is 17.0. The number of nitrogens with zero attached hydrogens (tertiary/aromatic N) is 3. The number of urea groups is 1. The number of carbonyl (C=O) groups is 2. The lowest BCUT2D eigenvalue weighted by Crippen LogP contribution is -2.61. The van der Waals surface area contributed by atoms with Gasteiger partial charge in [0.05, 0.1) is 12.6 Å². The summed E-state index contributed by atoms with van der Waals surface area (Å²) in [4.78, 5) is 31.6. The zero-order chi connectivity index (χ0) is 19.6. The van der Waals surface area contributed by atoms with Crippen LogP contribution in [0.15, 0.2) is 24.3 Å². The molecule has 6 nitrogen and oxygen atoms in total. The first-order chi connectivity index (χ1) is 12.9. The van der Waals surface area contributed by atoms with Gasteiger partial charge in [0, 0.05) is 38.3 Å². The summed E-state index contributed by atoms with van der Waals surface area (Å²) in [5.41, 5.74) is 0.999. The van der Waals surface area contributed by atoms with Crippen LogP contribution in [-0.4, -0.2) is 72.1 Å². The molecule has 2 atom stereocenters. The molecule has 1 aromatic carbocycles. The van der Waals surface area contributed by atoms with Gasteiger partial charge in [-0.05, 0) is 30.0 Å². The third kappa shape index (κ3) is 4.38. The molecule has 0 saturated carbocycles. The van der Waals surface area contributed by atoms with Gasteiger partial charge in [0.2, 0.25) is 5.91 Å². The SMILES string of the molecule is COCCN1C[C@H]2CN(Cc3cccc(Cl)c3)C(=O)N2[C@@H](CC(C)C)C1=O. The molecule has 0 unspecified atom stereocenters. The van der Waals surface area contributed by atoms with Crippen molar-refractivity contribution in [3.05, 3.63) is 34.9 Å². The fourth-order valence-corrected chi connectivity index (χ4v) is 4.21. The molecule has 2 aliphatic rings. The van der Waals surface area contributed by atoms with E-state index in [4.69, 9.17) is 16.3 Å². The van der Waals surface area contributed by atoms with E-state index >= 15 is 0 Å². The highest BCUT2D eigenvalue weighted by molar-refractivity contribution is 6.30. The van der Waals surface area contributed by atoms with Crippen molar-refractivity contribution in [1.82, 2.24) is 14.7 Å². The van der Waals surface area contributed by atoms with Crippen molar-refractivity contribution >= 4 is 23.5 Å². The Bertz CT molecular complexity index is 697. The summed E-state index contributed by atoms with van der Waals surface area (Å²) >= 11 is 6.08. The number of fused-ring (bicyclic) bond motifs is 1. The summed E-state index contributed by atoms with van der Waals surface area (Å²) in [7, 11) is 1.64. The standard InChI is InChI=1S/C20H28ClN3O3/c1-14(2)9-18-19(25)22(7-8-27-3)12-17-13-23(20(26)24(17)18)11-15-5-4-6-16(21)10-15/h4-6,10,14,17-18H,7-9,11-13H2,1-3H3/t17-,18-/m0/s1. The van der Waals surface area contributed by atoms with Crippen LogP contribution >= 0.6 is 11.6 Å². The van der Waals surface area contributed by atoms with Crippen molar-refractivity contribution in [3.8, 4) is 0 Å². The monoisotopic (exact) mass is 393 g/mol. The van der Waals surface area contributed by atoms with Gasteiger partial charge in [-0.15, -0.1) is 0 Å². The normalized spacial score (nSPS) is 22.8. The number of rotatable bonds is 7. The van der Waals surface area contributed by atoms with Gasteiger partial charge in [0.25, 0.3) is 0 Å². The van der Waals surface area contributed by atoms with Gasteiger partial charge >= 0.3 is 6.03 Å². The Kier molecular flexibility index (Phi) is 6.27. The fraction of sp³-hybridized carbons (Fsp3) is 0.600. The van der Waals surface area contributed by atoms with Crippen LogP contribution in [0.25, 0.3) is 0 Å². The molecular formula is C20H28ClN3O3. The van der Waals surface area contributed by atoms with Crippen molar-refractivity contribution < 1.29 is 14.3 Å². The van der Waals surface area contributed by atoms with E-state index in [9.17, 15) is 9.59 Å². The molecule has 3 rings (SSSR count). The number of ether oxygens (including phenoxy) is 1. The maximum Gasteiger partial charge on any atom is 0.321 e. The van der Waals surface area contributed by atoms with Crippen molar-refractivity contribution in [2.45, 2.75) is 38.9 Å². The number of hydrogen-bond acceptors (Lipinski definition) is 3. The van der Waals surface area contributed by atoms with E-state index in [1.807, 2.05) is 39.0 Å². The number of benzene rings is 1. The largest absolute Gasteiger partial charge is 0.383 e. The highest BCUT2D eigenvalue weighted by atomic mass is 35.5. The quantitative estimate of drug-likeness (QED) is 0.715. The van der Waals surface area contributed by atoms with E-state index in [0.29, 0.717) is 50.1 Å². The predicted octanol–water partition coefficient (Wildman–Crippen LogP) is 2.85. The minimum atomic E-state index is -0.391. The average molecular weight is 394 g/mol. The van der Waals surface area contributed by atoms with E-state index in [0.717, 1.165) is 5.56 Å². The first-order valence-electron chi connectivity index (χ1n) is 9.50. The second-order valence-corrected chi connectivity index (χ2v) is 8.21. The Morgan fingerprint density at radius 2 is 1.96 bits per heavy atom. The lowest BCUT2D eigenvalue weighted by atomic mass is 9.97. The van der Waals surface area contributed by atoms with Crippen LogP contribution in [0.5, 0.6) is 0 Å². The second-order valence-electron chi connectivity index (χ2n) is 7.78. The fourth-order valence-electron chi connectivity index (χ4n) is 4.00. The Hall–Kier alpha value is -1.79. The number of methoxy groups -OCH3 is 1. The number of carbonyl (C=O) groups excluding carboxylic acids is 2. The Morgan fingerprint density at radius 1 is 1.22 bits per heavy atom. The van der Waals surface area contributed by atoms with Crippen LogP contribution in [0.3, 0.4) is 0 Å². The molecule has 0 aliphatic carbocycles. The summed E-state index contributed by atoms with van der Waals surface area (Å²) < 4.78 is 5.16. The van der Waals surface area contributed by atoms with Crippen LogP contribution in [0, 0.1) is 5.92 Å². The van der Waals surface area contributed by atoms with Crippen molar-refractivity contribution in [2.75, 3.05) is 33.4 Å². The second kappa shape index (κ2) is 8.48. The van der Waals surface area contributed by atoms with Gasteiger partial charge in [0.1, 0.15) is 6.04 Å². The minimum Gasteiger partial charge on any atom is -0.383 e. The van der Waals surface area contributed by atoms with Crippen molar-refractivity contribution in [2.24, 2.45) is 5.92 Å². The molecule has 7 heteroatoms. The van der Waals surface area contributed by atoms with Gasteiger partial charge in [0.15, 0.2) is 0 Å². The summed E-state index contributed by atoms with van der Waals surface area (Å²) in [5, 5.41) is 0.662. The average Bonchev–Trinajstić information content (AvgIpc) is 2.91. The smallest absolute Gasteiger partial charge is 0.321 e. The van der Waals surface area contributed by atoms with Crippen LogP contribution in [0.4, 0.5) is 4.79 Å². The van der Waals surface area contributed by atoms with Crippen molar-refractivity contribution in [1.29, 1.82) is 0 Å². The first kappa shape index (κ1) is 20.0. The molecule has 0 N–H and O–H groups in total. The summed E-state index contributed by atoms with van der Waals surface area (Å²) in [6, 6.07) is 7.15. The van der Waals surface area contributed by atoms with Crippen molar-refractivity contribution in [3.63, 3.8) is 0 Å². The first-order valence-corrected chi connectivity index (χ1v) is 9.88. The summed E-state index contributed by atoms with van der Waals surface area (Å²) in [5.74, 6) is 0.367. The molecule has 2 saturated heterocycles. The Morgan fingerprint density at radius 3 is 2.63 bits per heavy atom.